The summed E-state index contributed by atoms with van der Waals surface area (Å²) in [5, 5.41) is 8.75. The highest BCUT2D eigenvalue weighted by molar-refractivity contribution is 5.76. The molecule has 1 aliphatic rings. The van der Waals surface area contributed by atoms with Gasteiger partial charge in [0.1, 0.15) is 5.82 Å². The van der Waals surface area contributed by atoms with Gasteiger partial charge in [-0.25, -0.2) is 4.39 Å². The minimum Gasteiger partial charge on any atom is -0.338 e. The number of amides is 1. The number of carbonyl (C=O) groups excluding carboxylic acids is 1. The van der Waals surface area contributed by atoms with E-state index in [2.05, 4.69) is 6.92 Å². The van der Waals surface area contributed by atoms with Crippen molar-refractivity contribution in [2.45, 2.75) is 45.6 Å². The molecule has 1 atom stereocenters. The van der Waals surface area contributed by atoms with Gasteiger partial charge in [-0.3, -0.25) is 4.79 Å². The Morgan fingerprint density at radius 2 is 2.24 bits per heavy atom. The van der Waals surface area contributed by atoms with Crippen molar-refractivity contribution in [3.8, 4) is 6.07 Å². The number of rotatable bonds is 4. The molecule has 0 N–H and O–H groups in total. The van der Waals surface area contributed by atoms with Gasteiger partial charge >= 0.3 is 0 Å². The Hall–Kier alpha value is -1.89. The molecule has 1 unspecified atom stereocenters. The van der Waals surface area contributed by atoms with E-state index >= 15 is 0 Å². The van der Waals surface area contributed by atoms with Crippen LogP contribution in [0.25, 0.3) is 0 Å². The van der Waals surface area contributed by atoms with Gasteiger partial charge in [-0.15, -0.1) is 0 Å². The summed E-state index contributed by atoms with van der Waals surface area (Å²) in [5.41, 5.74) is 0.790. The third-order valence-corrected chi connectivity index (χ3v) is 4.17. The molecule has 1 aromatic carbocycles. The molecule has 3 nitrogen and oxygen atoms in total. The molecule has 1 aromatic rings. The first-order chi connectivity index (χ1) is 10.1. The van der Waals surface area contributed by atoms with Gasteiger partial charge in [0.25, 0.3) is 0 Å². The standard InChI is InChI=1S/C17H21FN2O/c1-2-3-13-5-7-17(21)20(9-8-13)12-15-6-4-14(11-19)10-16(15)18/h4,6,10,13H,2-3,5,7-9,12H2,1H3. The summed E-state index contributed by atoms with van der Waals surface area (Å²) >= 11 is 0. The number of halogens is 1. The Bertz CT molecular complexity index is 550. The van der Waals surface area contributed by atoms with Gasteiger partial charge in [0.05, 0.1) is 11.6 Å². The number of hydrogen-bond acceptors (Lipinski definition) is 2. The monoisotopic (exact) mass is 288 g/mol. The van der Waals surface area contributed by atoms with Crippen molar-refractivity contribution >= 4 is 5.91 Å². The molecule has 0 saturated carbocycles. The molecule has 0 radical (unpaired) electrons. The van der Waals surface area contributed by atoms with Gasteiger partial charge in [0, 0.05) is 25.1 Å². The Balaban J connectivity index is 2.05. The number of hydrogen-bond donors (Lipinski definition) is 0. The van der Waals surface area contributed by atoms with Crippen LogP contribution in [0, 0.1) is 23.1 Å². The number of carbonyl (C=O) groups is 1. The summed E-state index contributed by atoms with van der Waals surface area (Å²) in [6, 6.07) is 6.35. The zero-order chi connectivity index (χ0) is 15.2. The van der Waals surface area contributed by atoms with Gasteiger partial charge in [-0.2, -0.15) is 5.26 Å². The molecule has 0 aromatic heterocycles. The molecule has 112 valence electrons. The van der Waals surface area contributed by atoms with E-state index in [9.17, 15) is 9.18 Å². The average Bonchev–Trinajstić information content (AvgIpc) is 2.65. The van der Waals surface area contributed by atoms with Crippen molar-refractivity contribution in [1.29, 1.82) is 5.26 Å². The highest BCUT2D eigenvalue weighted by Gasteiger charge is 2.22. The van der Waals surface area contributed by atoms with E-state index in [0.29, 0.717) is 36.6 Å². The van der Waals surface area contributed by atoms with Crippen molar-refractivity contribution in [3.05, 3.63) is 35.1 Å². The zero-order valence-electron chi connectivity index (χ0n) is 12.4. The molecule has 1 fully saturated rings. The van der Waals surface area contributed by atoms with Crippen LogP contribution in [-0.4, -0.2) is 17.4 Å². The fraction of sp³-hybridized carbons (Fsp3) is 0.529. The largest absolute Gasteiger partial charge is 0.338 e. The van der Waals surface area contributed by atoms with Crippen molar-refractivity contribution < 1.29 is 9.18 Å². The lowest BCUT2D eigenvalue weighted by Crippen LogP contribution is -2.30. The molecule has 0 aliphatic carbocycles. The van der Waals surface area contributed by atoms with E-state index in [-0.39, 0.29) is 5.91 Å². The van der Waals surface area contributed by atoms with E-state index < -0.39 is 5.82 Å². The molecule has 1 amide bonds. The number of nitriles is 1. The van der Waals surface area contributed by atoms with E-state index in [1.165, 1.54) is 6.07 Å². The maximum absolute atomic E-state index is 13.9. The number of benzene rings is 1. The van der Waals surface area contributed by atoms with Crippen LogP contribution in [0.2, 0.25) is 0 Å². The van der Waals surface area contributed by atoms with Gasteiger partial charge < -0.3 is 4.90 Å². The summed E-state index contributed by atoms with van der Waals surface area (Å²) in [7, 11) is 0. The van der Waals surface area contributed by atoms with Gasteiger partial charge in [-0.05, 0) is 30.9 Å². The normalized spacial score (nSPS) is 19.2. The SMILES string of the molecule is CCCC1CCC(=O)N(Cc2ccc(C#N)cc2F)CC1. The first-order valence-corrected chi connectivity index (χ1v) is 7.60. The summed E-state index contributed by atoms with van der Waals surface area (Å²) in [5.74, 6) is 0.309. The fourth-order valence-electron chi connectivity index (χ4n) is 2.91. The maximum Gasteiger partial charge on any atom is 0.222 e. The van der Waals surface area contributed by atoms with Crippen LogP contribution in [-0.2, 0) is 11.3 Å². The van der Waals surface area contributed by atoms with E-state index in [0.717, 1.165) is 25.7 Å². The molecular formula is C17H21FN2O. The first kappa shape index (κ1) is 15.5. The minimum atomic E-state index is -0.406. The van der Waals surface area contributed by atoms with Crippen LogP contribution < -0.4 is 0 Å². The molecule has 0 spiro atoms. The number of nitrogens with zero attached hydrogens (tertiary/aromatic N) is 2. The smallest absolute Gasteiger partial charge is 0.222 e. The molecular weight excluding hydrogens is 267 g/mol. The predicted molar refractivity (Wildman–Crippen MR) is 78.8 cm³/mol. The fourth-order valence-corrected chi connectivity index (χ4v) is 2.91. The third-order valence-electron chi connectivity index (χ3n) is 4.17. The van der Waals surface area contributed by atoms with Crippen molar-refractivity contribution in [3.63, 3.8) is 0 Å². The van der Waals surface area contributed by atoms with Crippen LogP contribution in [0.1, 0.15) is 50.2 Å². The Kier molecular flexibility index (Phi) is 5.32. The third kappa shape index (κ3) is 4.04. The maximum atomic E-state index is 13.9. The molecule has 1 aliphatic heterocycles. The predicted octanol–water partition coefficient (Wildman–Crippen LogP) is 3.63. The van der Waals surface area contributed by atoms with Gasteiger partial charge in [0.2, 0.25) is 5.91 Å². The van der Waals surface area contributed by atoms with Crippen molar-refractivity contribution in [2.75, 3.05) is 6.54 Å². The van der Waals surface area contributed by atoms with Crippen LogP contribution in [0.4, 0.5) is 4.39 Å². The number of likely N-dealkylation sites (tertiary alicyclic amines) is 1. The van der Waals surface area contributed by atoms with Crippen LogP contribution in [0.3, 0.4) is 0 Å². The first-order valence-electron chi connectivity index (χ1n) is 7.60. The lowest BCUT2D eigenvalue weighted by molar-refractivity contribution is -0.131. The molecule has 21 heavy (non-hydrogen) atoms. The van der Waals surface area contributed by atoms with Crippen molar-refractivity contribution in [2.24, 2.45) is 5.92 Å². The average molecular weight is 288 g/mol. The van der Waals surface area contributed by atoms with E-state index in [1.54, 1.807) is 17.0 Å². The molecule has 1 heterocycles. The van der Waals surface area contributed by atoms with Crippen LogP contribution in [0.5, 0.6) is 0 Å². The van der Waals surface area contributed by atoms with Crippen LogP contribution >= 0.6 is 0 Å². The second-order valence-electron chi connectivity index (χ2n) is 5.72. The van der Waals surface area contributed by atoms with E-state index in [1.807, 2.05) is 6.07 Å². The lowest BCUT2D eigenvalue weighted by atomic mass is 9.96. The Morgan fingerprint density at radius 1 is 1.43 bits per heavy atom. The van der Waals surface area contributed by atoms with Gasteiger partial charge in [-0.1, -0.05) is 25.8 Å². The molecule has 2 rings (SSSR count). The zero-order valence-corrected chi connectivity index (χ0v) is 12.4. The summed E-state index contributed by atoms with van der Waals surface area (Å²) in [4.78, 5) is 13.9. The summed E-state index contributed by atoms with van der Waals surface area (Å²) < 4.78 is 13.9. The van der Waals surface area contributed by atoms with Crippen molar-refractivity contribution in [1.82, 2.24) is 4.90 Å². The molecule has 4 heteroatoms. The minimum absolute atomic E-state index is 0.109. The lowest BCUT2D eigenvalue weighted by Gasteiger charge is -2.21. The topological polar surface area (TPSA) is 44.1 Å². The van der Waals surface area contributed by atoms with Crippen LogP contribution in [0.15, 0.2) is 18.2 Å². The Labute approximate surface area is 125 Å². The summed E-state index contributed by atoms with van der Waals surface area (Å²) in [6.07, 6.45) is 4.80. The van der Waals surface area contributed by atoms with Gasteiger partial charge in [0.15, 0.2) is 0 Å². The second-order valence-corrected chi connectivity index (χ2v) is 5.72. The quantitative estimate of drug-likeness (QED) is 0.849. The molecule has 0 bridgehead atoms. The highest BCUT2D eigenvalue weighted by Crippen LogP contribution is 2.24. The molecule has 1 saturated heterocycles. The summed E-state index contributed by atoms with van der Waals surface area (Å²) in [6.45, 7) is 3.16. The highest BCUT2D eigenvalue weighted by atomic mass is 19.1. The Morgan fingerprint density at radius 3 is 2.90 bits per heavy atom. The second kappa shape index (κ2) is 7.21. The van der Waals surface area contributed by atoms with E-state index in [4.69, 9.17) is 5.26 Å².